The molecule has 2 rings (SSSR count). The third-order valence-corrected chi connectivity index (χ3v) is 5.60. The minimum absolute atomic E-state index is 0.0141. The quantitative estimate of drug-likeness (QED) is 0.838. The number of carbonyl (C=O) groups excluding carboxylic acids is 1. The molecule has 2 N–H and O–H groups in total. The highest BCUT2D eigenvalue weighted by molar-refractivity contribution is 8.00. The fourth-order valence-corrected chi connectivity index (χ4v) is 4.14. The van der Waals surface area contributed by atoms with Crippen LogP contribution in [0.5, 0.6) is 0 Å². The standard InChI is InChI=1S/C14H24N2O3S/c1-2-12-9-16(6-7-20-12)14(19)15-11-5-3-4-10(8-11)13(17)18/h10-12H,2-9H2,1H3,(H,15,19)(H,17,18). The van der Waals surface area contributed by atoms with Gasteiger partial charge in [-0.1, -0.05) is 13.3 Å². The first kappa shape index (κ1) is 15.5. The molecule has 0 aromatic rings. The summed E-state index contributed by atoms with van der Waals surface area (Å²) in [6.07, 6.45) is 4.17. The molecule has 1 heterocycles. The van der Waals surface area contributed by atoms with Crippen LogP contribution >= 0.6 is 11.8 Å². The summed E-state index contributed by atoms with van der Waals surface area (Å²) < 4.78 is 0. The molecule has 0 aromatic heterocycles. The van der Waals surface area contributed by atoms with Crippen molar-refractivity contribution in [3.8, 4) is 0 Å². The van der Waals surface area contributed by atoms with E-state index in [1.165, 1.54) is 0 Å². The van der Waals surface area contributed by atoms with Crippen LogP contribution in [0.2, 0.25) is 0 Å². The first-order valence-corrected chi connectivity index (χ1v) is 8.54. The average Bonchev–Trinajstić information content (AvgIpc) is 2.47. The molecule has 1 saturated heterocycles. The molecule has 5 nitrogen and oxygen atoms in total. The number of urea groups is 1. The van der Waals surface area contributed by atoms with Crippen molar-refractivity contribution in [2.24, 2.45) is 5.92 Å². The van der Waals surface area contributed by atoms with Crippen molar-refractivity contribution >= 4 is 23.8 Å². The lowest BCUT2D eigenvalue weighted by Gasteiger charge is -2.34. The molecule has 1 saturated carbocycles. The number of hydrogen-bond acceptors (Lipinski definition) is 3. The summed E-state index contributed by atoms with van der Waals surface area (Å²) in [6.45, 7) is 3.75. The third kappa shape index (κ3) is 4.04. The van der Waals surface area contributed by atoms with Crippen molar-refractivity contribution in [2.75, 3.05) is 18.8 Å². The molecule has 0 radical (unpaired) electrons. The maximum atomic E-state index is 12.3. The van der Waals surface area contributed by atoms with E-state index in [2.05, 4.69) is 12.2 Å². The second-order valence-electron chi connectivity index (χ2n) is 5.70. The molecular weight excluding hydrogens is 276 g/mol. The second kappa shape index (κ2) is 7.20. The zero-order valence-electron chi connectivity index (χ0n) is 12.0. The monoisotopic (exact) mass is 300 g/mol. The van der Waals surface area contributed by atoms with Crippen molar-refractivity contribution in [2.45, 2.75) is 50.3 Å². The number of aliphatic carboxylic acids is 1. The van der Waals surface area contributed by atoms with Gasteiger partial charge in [0.1, 0.15) is 0 Å². The average molecular weight is 300 g/mol. The van der Waals surface area contributed by atoms with Crippen LogP contribution < -0.4 is 5.32 Å². The topological polar surface area (TPSA) is 69.6 Å². The molecule has 0 spiro atoms. The van der Waals surface area contributed by atoms with Crippen LogP contribution in [-0.4, -0.2) is 52.1 Å². The van der Waals surface area contributed by atoms with Gasteiger partial charge in [0.2, 0.25) is 0 Å². The van der Waals surface area contributed by atoms with Gasteiger partial charge in [0.25, 0.3) is 0 Å². The maximum Gasteiger partial charge on any atom is 0.317 e. The lowest BCUT2D eigenvalue weighted by atomic mass is 9.86. The van der Waals surface area contributed by atoms with E-state index in [1.807, 2.05) is 16.7 Å². The van der Waals surface area contributed by atoms with Crippen LogP contribution in [0.4, 0.5) is 4.79 Å². The van der Waals surface area contributed by atoms with Crippen LogP contribution in [0.3, 0.4) is 0 Å². The van der Waals surface area contributed by atoms with Gasteiger partial charge in [-0.15, -0.1) is 0 Å². The van der Waals surface area contributed by atoms with Gasteiger partial charge in [-0.3, -0.25) is 4.79 Å². The minimum atomic E-state index is -0.732. The number of nitrogens with zero attached hydrogens (tertiary/aromatic N) is 1. The summed E-state index contributed by atoms with van der Waals surface area (Å²) in [5.74, 6) is -0.0346. The largest absolute Gasteiger partial charge is 0.481 e. The van der Waals surface area contributed by atoms with Gasteiger partial charge in [0, 0.05) is 30.1 Å². The lowest BCUT2D eigenvalue weighted by Crippen LogP contribution is -2.50. The molecule has 114 valence electrons. The van der Waals surface area contributed by atoms with E-state index in [-0.39, 0.29) is 18.0 Å². The van der Waals surface area contributed by atoms with Gasteiger partial charge in [-0.2, -0.15) is 11.8 Å². The van der Waals surface area contributed by atoms with Gasteiger partial charge >= 0.3 is 12.0 Å². The van der Waals surface area contributed by atoms with Crippen molar-refractivity contribution in [1.82, 2.24) is 10.2 Å². The SMILES string of the molecule is CCC1CN(C(=O)NC2CCCC(C(=O)O)C2)CCS1. The van der Waals surface area contributed by atoms with Gasteiger partial charge in [-0.25, -0.2) is 4.79 Å². The van der Waals surface area contributed by atoms with Crippen molar-refractivity contribution in [1.29, 1.82) is 0 Å². The Kier molecular flexibility index (Phi) is 5.57. The first-order valence-electron chi connectivity index (χ1n) is 7.50. The molecule has 20 heavy (non-hydrogen) atoms. The lowest BCUT2D eigenvalue weighted by molar-refractivity contribution is -0.143. The van der Waals surface area contributed by atoms with Gasteiger partial charge in [0.05, 0.1) is 5.92 Å². The first-order chi connectivity index (χ1) is 9.60. The van der Waals surface area contributed by atoms with E-state index >= 15 is 0 Å². The van der Waals surface area contributed by atoms with Crippen molar-refractivity contribution in [3.05, 3.63) is 0 Å². The zero-order valence-corrected chi connectivity index (χ0v) is 12.8. The molecule has 3 atom stereocenters. The Hall–Kier alpha value is -0.910. The van der Waals surface area contributed by atoms with Crippen LogP contribution in [0.25, 0.3) is 0 Å². The maximum absolute atomic E-state index is 12.3. The highest BCUT2D eigenvalue weighted by Gasteiger charge is 2.30. The summed E-state index contributed by atoms with van der Waals surface area (Å²) in [5.41, 5.74) is 0. The number of thioether (sulfide) groups is 1. The molecular formula is C14H24N2O3S. The van der Waals surface area contributed by atoms with Crippen LogP contribution in [0.15, 0.2) is 0 Å². The molecule has 3 unspecified atom stereocenters. The van der Waals surface area contributed by atoms with Crippen molar-refractivity contribution < 1.29 is 14.7 Å². The summed E-state index contributed by atoms with van der Waals surface area (Å²) in [7, 11) is 0. The molecule has 1 aliphatic heterocycles. The van der Waals surface area contributed by atoms with Gasteiger partial charge < -0.3 is 15.3 Å². The Morgan fingerprint density at radius 3 is 2.90 bits per heavy atom. The smallest absolute Gasteiger partial charge is 0.317 e. The zero-order chi connectivity index (χ0) is 14.5. The van der Waals surface area contributed by atoms with E-state index in [0.717, 1.165) is 44.5 Å². The predicted molar refractivity (Wildman–Crippen MR) is 80.0 cm³/mol. The minimum Gasteiger partial charge on any atom is -0.481 e. The second-order valence-corrected chi connectivity index (χ2v) is 7.10. The van der Waals surface area contributed by atoms with E-state index in [4.69, 9.17) is 5.11 Å². The highest BCUT2D eigenvalue weighted by Crippen LogP contribution is 2.25. The number of carboxylic acids is 1. The van der Waals surface area contributed by atoms with Gasteiger partial charge in [-0.05, 0) is 25.7 Å². The van der Waals surface area contributed by atoms with E-state index in [9.17, 15) is 9.59 Å². The molecule has 6 heteroatoms. The summed E-state index contributed by atoms with van der Waals surface area (Å²) in [4.78, 5) is 25.2. The number of amides is 2. The number of carboxylic acid groups (broad SMARTS) is 1. The van der Waals surface area contributed by atoms with Crippen molar-refractivity contribution in [3.63, 3.8) is 0 Å². The molecule has 2 fully saturated rings. The number of nitrogens with one attached hydrogen (secondary N) is 1. The molecule has 2 amide bonds. The third-order valence-electron chi connectivity index (χ3n) is 4.23. The number of carbonyl (C=O) groups is 2. The Morgan fingerprint density at radius 1 is 1.40 bits per heavy atom. The molecule has 2 aliphatic rings. The fraction of sp³-hybridized carbons (Fsp3) is 0.857. The normalized spacial score (nSPS) is 30.9. The fourth-order valence-electron chi connectivity index (χ4n) is 2.96. The van der Waals surface area contributed by atoms with E-state index < -0.39 is 5.97 Å². The van der Waals surface area contributed by atoms with E-state index in [0.29, 0.717) is 11.7 Å². The van der Waals surface area contributed by atoms with Crippen LogP contribution in [0.1, 0.15) is 39.0 Å². The van der Waals surface area contributed by atoms with Crippen LogP contribution in [-0.2, 0) is 4.79 Å². The number of rotatable bonds is 3. The number of hydrogen-bond donors (Lipinski definition) is 2. The summed E-state index contributed by atoms with van der Waals surface area (Å²) in [6, 6.07) is 0.00629. The Balaban J connectivity index is 1.83. The van der Waals surface area contributed by atoms with Crippen LogP contribution in [0, 0.1) is 5.92 Å². The molecule has 0 aromatic carbocycles. The Labute approximate surface area is 124 Å². The highest BCUT2D eigenvalue weighted by atomic mass is 32.2. The predicted octanol–water partition coefficient (Wildman–Crippen LogP) is 2.17. The van der Waals surface area contributed by atoms with E-state index in [1.54, 1.807) is 0 Å². The Bertz CT molecular complexity index is 364. The summed E-state index contributed by atoms with van der Waals surface area (Å²) >= 11 is 1.94. The molecule has 1 aliphatic carbocycles. The molecule has 0 bridgehead atoms. The Morgan fingerprint density at radius 2 is 2.20 bits per heavy atom. The summed E-state index contributed by atoms with van der Waals surface area (Å²) in [5, 5.41) is 12.6. The van der Waals surface area contributed by atoms with Gasteiger partial charge in [0.15, 0.2) is 0 Å².